The molecule has 0 bridgehead atoms. The van der Waals surface area contributed by atoms with E-state index in [2.05, 4.69) is 15.9 Å². The second kappa shape index (κ2) is 8.75. The van der Waals surface area contributed by atoms with Crippen molar-refractivity contribution in [3.05, 3.63) is 64.1 Å². The van der Waals surface area contributed by atoms with Crippen molar-refractivity contribution in [2.24, 2.45) is 0 Å². The van der Waals surface area contributed by atoms with Crippen molar-refractivity contribution in [2.75, 3.05) is 13.2 Å². The van der Waals surface area contributed by atoms with E-state index in [4.69, 9.17) is 19.8 Å². The van der Waals surface area contributed by atoms with Crippen LogP contribution in [0.15, 0.2) is 58.6 Å². The van der Waals surface area contributed by atoms with E-state index < -0.39 is 5.97 Å². The van der Waals surface area contributed by atoms with Crippen LogP contribution in [-0.4, -0.2) is 24.3 Å². The number of ether oxygens (including phenoxy) is 2. The monoisotopic (exact) mass is 387 g/mol. The van der Waals surface area contributed by atoms with Gasteiger partial charge in [0.05, 0.1) is 0 Å². The van der Waals surface area contributed by atoms with Crippen molar-refractivity contribution < 1.29 is 19.4 Å². The Labute approximate surface area is 147 Å². The molecule has 0 amide bonds. The van der Waals surface area contributed by atoms with Crippen LogP contribution >= 0.6 is 15.9 Å². The number of hydrogen-bond donors (Lipinski definition) is 1. The lowest BCUT2D eigenvalue weighted by atomic mass is 10.1. The summed E-state index contributed by atoms with van der Waals surface area (Å²) in [5.74, 6) is 0.156. The zero-order chi connectivity index (χ0) is 17.4. The smallest absolute Gasteiger partial charge is 0.346 e. The number of carboxylic acid groups (broad SMARTS) is 1. The lowest BCUT2D eigenvalue weighted by Gasteiger charge is -2.08. The average Bonchev–Trinajstić information content (AvgIpc) is 2.59. The van der Waals surface area contributed by atoms with E-state index in [9.17, 15) is 4.79 Å². The number of benzene rings is 2. The molecule has 1 N–H and O–H groups in total. The van der Waals surface area contributed by atoms with Gasteiger partial charge in [-0.3, -0.25) is 0 Å². The molecular weight excluding hydrogens is 374 g/mol. The summed E-state index contributed by atoms with van der Waals surface area (Å²) in [6, 6.07) is 15.9. The molecule has 0 aliphatic heterocycles. The lowest BCUT2D eigenvalue weighted by Crippen LogP contribution is -2.08. The summed E-state index contributed by atoms with van der Waals surface area (Å²) in [5, 5.41) is 17.5. The van der Waals surface area contributed by atoms with Gasteiger partial charge in [0.1, 0.15) is 36.4 Å². The van der Waals surface area contributed by atoms with Crippen molar-refractivity contribution in [3.8, 4) is 17.6 Å². The van der Waals surface area contributed by atoms with E-state index in [1.807, 2.05) is 24.3 Å². The molecule has 0 aromatic heterocycles. The number of hydrogen-bond acceptors (Lipinski definition) is 4. The lowest BCUT2D eigenvalue weighted by molar-refractivity contribution is -0.132. The largest absolute Gasteiger partial charge is 0.490 e. The molecule has 6 heteroatoms. The molecule has 2 aromatic carbocycles. The molecule has 0 atom stereocenters. The maximum Gasteiger partial charge on any atom is 0.346 e. The van der Waals surface area contributed by atoms with E-state index >= 15 is 0 Å². The van der Waals surface area contributed by atoms with E-state index in [1.165, 1.54) is 6.08 Å². The maximum atomic E-state index is 10.8. The fourth-order valence-corrected chi connectivity index (χ4v) is 2.08. The molecule has 0 saturated heterocycles. The molecule has 0 saturated carbocycles. The van der Waals surface area contributed by atoms with Gasteiger partial charge in [-0.15, -0.1) is 0 Å². The zero-order valence-corrected chi connectivity index (χ0v) is 14.2. The zero-order valence-electron chi connectivity index (χ0n) is 12.6. The van der Waals surface area contributed by atoms with Crippen molar-refractivity contribution in [3.63, 3.8) is 0 Å². The molecule has 5 nitrogen and oxygen atoms in total. The molecule has 2 rings (SSSR count). The summed E-state index contributed by atoms with van der Waals surface area (Å²) in [7, 11) is 0. The average molecular weight is 388 g/mol. The Bertz CT molecular complexity index is 761. The van der Waals surface area contributed by atoms with Gasteiger partial charge in [-0.05, 0) is 48.0 Å². The van der Waals surface area contributed by atoms with Crippen molar-refractivity contribution in [2.45, 2.75) is 0 Å². The first-order chi connectivity index (χ1) is 11.6. The summed E-state index contributed by atoms with van der Waals surface area (Å²) < 4.78 is 12.1. The van der Waals surface area contributed by atoms with Crippen molar-refractivity contribution in [1.29, 1.82) is 5.26 Å². The van der Waals surface area contributed by atoms with Gasteiger partial charge in [-0.25, -0.2) is 4.79 Å². The van der Waals surface area contributed by atoms with Crippen LogP contribution in [0.1, 0.15) is 5.56 Å². The van der Waals surface area contributed by atoms with Crippen LogP contribution in [-0.2, 0) is 4.79 Å². The van der Waals surface area contributed by atoms with Gasteiger partial charge in [-0.2, -0.15) is 5.26 Å². The van der Waals surface area contributed by atoms with Crippen LogP contribution in [0, 0.1) is 11.3 Å². The highest BCUT2D eigenvalue weighted by Gasteiger charge is 2.05. The molecule has 0 fully saturated rings. The Kier molecular flexibility index (Phi) is 6.41. The Morgan fingerprint density at radius 2 is 1.54 bits per heavy atom. The molecule has 0 heterocycles. The molecule has 0 unspecified atom stereocenters. The summed E-state index contributed by atoms with van der Waals surface area (Å²) in [6.07, 6.45) is 1.31. The van der Waals surface area contributed by atoms with Crippen LogP contribution < -0.4 is 9.47 Å². The molecule has 0 spiro atoms. The van der Waals surface area contributed by atoms with Gasteiger partial charge in [0.25, 0.3) is 0 Å². The molecule has 0 aliphatic rings. The standard InChI is InChI=1S/C18H14BrNO4/c19-15-3-7-17(8-4-15)24-10-9-23-16-5-1-13(2-6-16)11-14(12-20)18(21)22/h1-8,11H,9-10H2,(H,21,22). The van der Waals surface area contributed by atoms with Gasteiger partial charge in [0.2, 0.25) is 0 Å². The van der Waals surface area contributed by atoms with Crippen LogP contribution in [0.5, 0.6) is 11.5 Å². The third kappa shape index (κ3) is 5.45. The van der Waals surface area contributed by atoms with Crippen molar-refractivity contribution in [1.82, 2.24) is 0 Å². The van der Waals surface area contributed by atoms with Crippen LogP contribution in [0.25, 0.3) is 6.08 Å². The highest BCUT2D eigenvalue weighted by Crippen LogP contribution is 2.17. The summed E-state index contributed by atoms with van der Waals surface area (Å²) in [5.41, 5.74) is 0.305. The third-order valence-electron chi connectivity index (χ3n) is 2.98. The Balaban J connectivity index is 1.83. The Hall–Kier alpha value is -2.78. The normalized spacial score (nSPS) is 10.8. The minimum atomic E-state index is -1.25. The Morgan fingerprint density at radius 3 is 2.00 bits per heavy atom. The van der Waals surface area contributed by atoms with E-state index in [1.54, 1.807) is 30.3 Å². The number of rotatable bonds is 7. The fraction of sp³-hybridized carbons (Fsp3) is 0.111. The number of nitrogens with zero attached hydrogens (tertiary/aromatic N) is 1. The van der Waals surface area contributed by atoms with Gasteiger partial charge < -0.3 is 14.6 Å². The molecular formula is C18H14BrNO4. The molecule has 122 valence electrons. The van der Waals surface area contributed by atoms with E-state index in [-0.39, 0.29) is 5.57 Å². The van der Waals surface area contributed by atoms with Crippen LogP contribution in [0.4, 0.5) is 0 Å². The summed E-state index contributed by atoms with van der Waals surface area (Å²) in [6.45, 7) is 0.782. The predicted molar refractivity (Wildman–Crippen MR) is 92.8 cm³/mol. The molecule has 0 aliphatic carbocycles. The topological polar surface area (TPSA) is 79.5 Å². The first kappa shape index (κ1) is 17.6. The van der Waals surface area contributed by atoms with Crippen molar-refractivity contribution >= 4 is 28.0 Å². The highest BCUT2D eigenvalue weighted by atomic mass is 79.9. The van der Waals surface area contributed by atoms with Gasteiger partial charge in [0.15, 0.2) is 0 Å². The number of nitriles is 1. The predicted octanol–water partition coefficient (Wildman–Crippen LogP) is 3.90. The molecule has 2 aromatic rings. The number of carboxylic acids is 1. The van der Waals surface area contributed by atoms with E-state index in [0.29, 0.717) is 24.5 Å². The maximum absolute atomic E-state index is 10.8. The van der Waals surface area contributed by atoms with Gasteiger partial charge in [0, 0.05) is 4.47 Å². The van der Waals surface area contributed by atoms with E-state index in [0.717, 1.165) is 10.2 Å². The highest BCUT2D eigenvalue weighted by molar-refractivity contribution is 9.10. The minimum Gasteiger partial charge on any atom is -0.490 e. The first-order valence-corrected chi connectivity index (χ1v) is 7.84. The Morgan fingerprint density at radius 1 is 1.04 bits per heavy atom. The first-order valence-electron chi connectivity index (χ1n) is 7.05. The number of carbonyl (C=O) groups is 1. The second-order valence-electron chi connectivity index (χ2n) is 4.69. The quantitative estimate of drug-likeness (QED) is 0.442. The summed E-state index contributed by atoms with van der Waals surface area (Å²) >= 11 is 3.36. The summed E-state index contributed by atoms with van der Waals surface area (Å²) in [4.78, 5) is 10.8. The third-order valence-corrected chi connectivity index (χ3v) is 3.51. The SMILES string of the molecule is N#CC(=Cc1ccc(OCCOc2ccc(Br)cc2)cc1)C(=O)O. The minimum absolute atomic E-state index is 0.313. The fourth-order valence-electron chi connectivity index (χ4n) is 1.82. The van der Waals surface area contributed by atoms with Gasteiger partial charge >= 0.3 is 5.97 Å². The molecule has 24 heavy (non-hydrogen) atoms. The van der Waals surface area contributed by atoms with Crippen LogP contribution in [0.3, 0.4) is 0 Å². The van der Waals surface area contributed by atoms with Gasteiger partial charge in [-0.1, -0.05) is 28.1 Å². The number of aliphatic carboxylic acids is 1. The number of halogens is 1. The second-order valence-corrected chi connectivity index (χ2v) is 5.61. The molecule has 0 radical (unpaired) electrons. The van der Waals surface area contributed by atoms with Crippen LogP contribution in [0.2, 0.25) is 0 Å².